The number of rotatable bonds is 3. The number of furan rings is 1. The van der Waals surface area contributed by atoms with Crippen molar-refractivity contribution in [2.45, 2.75) is 13.0 Å². The van der Waals surface area contributed by atoms with Crippen molar-refractivity contribution in [3.63, 3.8) is 0 Å². The molecule has 19 heavy (non-hydrogen) atoms. The average molecular weight is 257 g/mol. The Bertz CT molecular complexity index is 832. The van der Waals surface area contributed by atoms with Crippen molar-refractivity contribution in [1.82, 2.24) is 9.55 Å². The van der Waals surface area contributed by atoms with Crippen LogP contribution in [0.2, 0.25) is 0 Å². The first-order chi connectivity index (χ1) is 9.16. The predicted octanol–water partition coefficient (Wildman–Crippen LogP) is 1.02. The molecule has 1 aromatic carbocycles. The van der Waals surface area contributed by atoms with Crippen LogP contribution in [0.15, 0.2) is 39.8 Å². The summed E-state index contributed by atoms with van der Waals surface area (Å²) < 4.78 is 6.85. The number of hydrogen-bond donors (Lipinski definition) is 1. The van der Waals surface area contributed by atoms with Gasteiger partial charge in [-0.1, -0.05) is 12.1 Å². The SMILES string of the molecule is NC(=O)CCn1cnc2c(oc3ccccc32)c1=O. The molecule has 6 nitrogen and oxygen atoms in total. The number of amides is 1. The van der Waals surface area contributed by atoms with Crippen molar-refractivity contribution in [2.24, 2.45) is 5.73 Å². The Kier molecular flexibility index (Phi) is 2.56. The van der Waals surface area contributed by atoms with Crippen LogP contribution in [0.25, 0.3) is 22.1 Å². The van der Waals surface area contributed by atoms with Crippen LogP contribution >= 0.6 is 0 Å². The summed E-state index contributed by atoms with van der Waals surface area (Å²) in [7, 11) is 0. The Morgan fingerprint density at radius 1 is 1.37 bits per heavy atom. The second-order valence-electron chi connectivity index (χ2n) is 4.24. The third kappa shape index (κ3) is 1.87. The molecule has 0 saturated heterocycles. The molecule has 2 aromatic heterocycles. The van der Waals surface area contributed by atoms with E-state index in [0.29, 0.717) is 11.1 Å². The maximum Gasteiger partial charge on any atom is 0.297 e. The van der Waals surface area contributed by atoms with Crippen LogP contribution in [-0.4, -0.2) is 15.5 Å². The van der Waals surface area contributed by atoms with E-state index < -0.39 is 5.91 Å². The summed E-state index contributed by atoms with van der Waals surface area (Å²) in [4.78, 5) is 27.2. The molecular formula is C13H11N3O3. The summed E-state index contributed by atoms with van der Waals surface area (Å²) in [6.45, 7) is 0.203. The third-order valence-corrected chi connectivity index (χ3v) is 2.95. The standard InChI is InChI=1S/C13H11N3O3/c14-10(17)5-6-16-7-15-11-8-3-1-2-4-9(8)19-12(11)13(16)18/h1-4,7H,5-6H2,(H2,14,17). The number of aryl methyl sites for hydroxylation is 1. The maximum absolute atomic E-state index is 12.2. The highest BCUT2D eigenvalue weighted by Crippen LogP contribution is 2.23. The van der Waals surface area contributed by atoms with E-state index in [1.165, 1.54) is 10.9 Å². The summed E-state index contributed by atoms with van der Waals surface area (Å²) in [5, 5.41) is 0.802. The van der Waals surface area contributed by atoms with Gasteiger partial charge in [-0.3, -0.25) is 14.2 Å². The summed E-state index contributed by atoms with van der Waals surface area (Å²) in [5.41, 5.74) is 6.12. The zero-order valence-corrected chi connectivity index (χ0v) is 10.00. The third-order valence-electron chi connectivity index (χ3n) is 2.95. The van der Waals surface area contributed by atoms with E-state index in [2.05, 4.69) is 4.98 Å². The van der Waals surface area contributed by atoms with Crippen molar-refractivity contribution in [1.29, 1.82) is 0 Å². The van der Waals surface area contributed by atoms with Crippen LogP contribution in [0.5, 0.6) is 0 Å². The van der Waals surface area contributed by atoms with Gasteiger partial charge >= 0.3 is 0 Å². The van der Waals surface area contributed by atoms with E-state index >= 15 is 0 Å². The predicted molar refractivity (Wildman–Crippen MR) is 69.6 cm³/mol. The fourth-order valence-electron chi connectivity index (χ4n) is 2.01. The normalized spacial score (nSPS) is 11.2. The fraction of sp³-hybridized carbons (Fsp3) is 0.154. The Morgan fingerprint density at radius 3 is 2.95 bits per heavy atom. The molecule has 96 valence electrons. The van der Waals surface area contributed by atoms with E-state index in [-0.39, 0.29) is 24.1 Å². The van der Waals surface area contributed by atoms with Gasteiger partial charge in [0.15, 0.2) is 0 Å². The molecule has 3 aromatic rings. The lowest BCUT2D eigenvalue weighted by Crippen LogP contribution is -2.23. The first-order valence-electron chi connectivity index (χ1n) is 5.82. The summed E-state index contributed by atoms with van der Waals surface area (Å²) in [5.74, 6) is -0.461. The summed E-state index contributed by atoms with van der Waals surface area (Å²) in [6.07, 6.45) is 1.50. The molecule has 0 saturated carbocycles. The van der Waals surface area contributed by atoms with Crippen molar-refractivity contribution >= 4 is 28.0 Å². The zero-order valence-electron chi connectivity index (χ0n) is 10.00. The van der Waals surface area contributed by atoms with Gasteiger partial charge in [-0.2, -0.15) is 0 Å². The summed E-state index contributed by atoms with van der Waals surface area (Å²) >= 11 is 0. The number of nitrogens with two attached hydrogens (primary N) is 1. The van der Waals surface area contributed by atoms with Gasteiger partial charge in [0.05, 0.1) is 6.33 Å². The van der Waals surface area contributed by atoms with Crippen molar-refractivity contribution < 1.29 is 9.21 Å². The Labute approximate surface area is 107 Å². The largest absolute Gasteiger partial charge is 0.448 e. The van der Waals surface area contributed by atoms with Gasteiger partial charge < -0.3 is 10.2 Å². The smallest absolute Gasteiger partial charge is 0.297 e. The van der Waals surface area contributed by atoms with Crippen molar-refractivity contribution in [3.05, 3.63) is 40.9 Å². The molecule has 0 fully saturated rings. The minimum absolute atomic E-state index is 0.0906. The van der Waals surface area contributed by atoms with E-state index in [1.54, 1.807) is 6.07 Å². The highest BCUT2D eigenvalue weighted by molar-refractivity contribution is 6.01. The number of aromatic nitrogens is 2. The van der Waals surface area contributed by atoms with Gasteiger partial charge in [-0.15, -0.1) is 0 Å². The van der Waals surface area contributed by atoms with Gasteiger partial charge in [0.1, 0.15) is 11.1 Å². The maximum atomic E-state index is 12.2. The number of benzene rings is 1. The number of primary amides is 1. The quantitative estimate of drug-likeness (QED) is 0.758. The molecule has 2 heterocycles. The topological polar surface area (TPSA) is 91.1 Å². The van der Waals surface area contributed by atoms with Gasteiger partial charge in [0.25, 0.3) is 5.56 Å². The van der Waals surface area contributed by atoms with Crippen LogP contribution in [0, 0.1) is 0 Å². The van der Waals surface area contributed by atoms with Crippen LogP contribution in [0.3, 0.4) is 0 Å². The second-order valence-corrected chi connectivity index (χ2v) is 4.24. The van der Waals surface area contributed by atoms with Crippen LogP contribution in [0.1, 0.15) is 6.42 Å². The van der Waals surface area contributed by atoms with Gasteiger partial charge in [0.2, 0.25) is 11.5 Å². The molecule has 0 unspecified atom stereocenters. The monoisotopic (exact) mass is 257 g/mol. The fourth-order valence-corrected chi connectivity index (χ4v) is 2.01. The van der Waals surface area contributed by atoms with Crippen LogP contribution in [0.4, 0.5) is 0 Å². The van der Waals surface area contributed by atoms with Gasteiger partial charge in [-0.05, 0) is 12.1 Å². The Balaban J connectivity index is 2.19. The lowest BCUT2D eigenvalue weighted by Gasteiger charge is -2.01. The zero-order chi connectivity index (χ0) is 13.4. The van der Waals surface area contributed by atoms with Gasteiger partial charge in [0, 0.05) is 18.4 Å². The molecule has 0 radical (unpaired) electrons. The van der Waals surface area contributed by atoms with Crippen molar-refractivity contribution in [3.8, 4) is 0 Å². The number of para-hydroxylation sites is 1. The van der Waals surface area contributed by atoms with E-state index in [0.717, 1.165) is 5.39 Å². The molecule has 3 rings (SSSR count). The summed E-state index contributed by atoms with van der Waals surface area (Å²) in [6, 6.07) is 7.32. The molecule has 0 spiro atoms. The number of hydrogen-bond acceptors (Lipinski definition) is 4. The van der Waals surface area contributed by atoms with E-state index in [4.69, 9.17) is 10.2 Å². The average Bonchev–Trinajstić information content (AvgIpc) is 2.77. The number of carbonyl (C=O) groups is 1. The highest BCUT2D eigenvalue weighted by atomic mass is 16.3. The lowest BCUT2D eigenvalue weighted by atomic mass is 10.2. The molecule has 2 N–H and O–H groups in total. The number of fused-ring (bicyclic) bond motifs is 3. The molecule has 0 aliphatic heterocycles. The number of nitrogens with zero attached hydrogens (tertiary/aromatic N) is 2. The highest BCUT2D eigenvalue weighted by Gasteiger charge is 2.12. The molecule has 1 amide bonds. The minimum Gasteiger partial charge on any atom is -0.448 e. The lowest BCUT2D eigenvalue weighted by molar-refractivity contribution is -0.118. The van der Waals surface area contributed by atoms with Crippen LogP contribution < -0.4 is 11.3 Å². The molecule has 0 atom stereocenters. The first kappa shape index (κ1) is 11.5. The molecule has 6 heteroatoms. The van der Waals surface area contributed by atoms with Crippen molar-refractivity contribution in [2.75, 3.05) is 0 Å². The minimum atomic E-state index is -0.461. The number of carbonyl (C=O) groups excluding carboxylic acids is 1. The molecule has 0 bridgehead atoms. The first-order valence-corrected chi connectivity index (χ1v) is 5.82. The Morgan fingerprint density at radius 2 is 2.16 bits per heavy atom. The second kappa shape index (κ2) is 4.24. The molecular weight excluding hydrogens is 246 g/mol. The molecule has 0 aliphatic carbocycles. The van der Waals surface area contributed by atoms with E-state index in [1.807, 2.05) is 18.2 Å². The van der Waals surface area contributed by atoms with Gasteiger partial charge in [-0.25, -0.2) is 4.98 Å². The van der Waals surface area contributed by atoms with Crippen LogP contribution in [-0.2, 0) is 11.3 Å². The molecule has 0 aliphatic rings. The van der Waals surface area contributed by atoms with E-state index in [9.17, 15) is 9.59 Å². The Hall–Kier alpha value is -2.63.